The second-order valence-corrected chi connectivity index (χ2v) is 3.76. The molecule has 0 N–H and O–H groups in total. The zero-order valence-electron chi connectivity index (χ0n) is 6.58. The topological polar surface area (TPSA) is 25.8 Å². The van der Waals surface area contributed by atoms with E-state index in [2.05, 4.69) is 38.6 Å². The van der Waals surface area contributed by atoms with Gasteiger partial charge < -0.3 is 0 Å². The Kier molecular flexibility index (Phi) is 1.96. The SMILES string of the molecule is Cc1ccc2cc(I)ncc2n1. The molecule has 0 bridgehead atoms. The molecule has 0 saturated carbocycles. The number of halogens is 1. The Balaban J connectivity index is 2.79. The van der Waals surface area contributed by atoms with Crippen LogP contribution in [0.15, 0.2) is 24.4 Å². The lowest BCUT2D eigenvalue weighted by Gasteiger charge is -1.97. The van der Waals surface area contributed by atoms with Crippen LogP contribution in [0.2, 0.25) is 0 Å². The smallest absolute Gasteiger partial charge is 0.102 e. The van der Waals surface area contributed by atoms with E-state index in [9.17, 15) is 0 Å². The molecule has 2 rings (SSSR count). The molecule has 0 aliphatic carbocycles. The third-order valence-electron chi connectivity index (χ3n) is 1.68. The highest BCUT2D eigenvalue weighted by atomic mass is 127. The van der Waals surface area contributed by atoms with Crippen LogP contribution < -0.4 is 0 Å². The fourth-order valence-corrected chi connectivity index (χ4v) is 1.58. The standard InChI is InChI=1S/C9H7IN2/c1-6-2-3-7-4-9(10)11-5-8(7)12-6/h2-5H,1H3. The Morgan fingerprint density at radius 3 is 3.00 bits per heavy atom. The molecule has 2 aromatic rings. The van der Waals surface area contributed by atoms with Gasteiger partial charge in [0.05, 0.1) is 11.7 Å². The summed E-state index contributed by atoms with van der Waals surface area (Å²) in [7, 11) is 0. The molecule has 2 aromatic heterocycles. The minimum absolute atomic E-state index is 0.968. The third-order valence-corrected chi connectivity index (χ3v) is 2.27. The van der Waals surface area contributed by atoms with Crippen molar-refractivity contribution in [2.75, 3.05) is 0 Å². The van der Waals surface area contributed by atoms with Crippen LogP contribution in [-0.4, -0.2) is 9.97 Å². The van der Waals surface area contributed by atoms with Gasteiger partial charge in [-0.15, -0.1) is 0 Å². The van der Waals surface area contributed by atoms with Crippen LogP contribution in [0, 0.1) is 10.6 Å². The van der Waals surface area contributed by atoms with Crippen LogP contribution >= 0.6 is 22.6 Å². The average molecular weight is 270 g/mol. The Labute approximate surface area is 84.2 Å². The quantitative estimate of drug-likeness (QED) is 0.543. The molecule has 2 heterocycles. The molecular formula is C9H7IN2. The Morgan fingerprint density at radius 1 is 1.33 bits per heavy atom. The van der Waals surface area contributed by atoms with Crippen LogP contribution in [-0.2, 0) is 0 Å². The van der Waals surface area contributed by atoms with Crippen molar-refractivity contribution in [1.82, 2.24) is 9.97 Å². The highest BCUT2D eigenvalue weighted by Crippen LogP contribution is 2.13. The van der Waals surface area contributed by atoms with Gasteiger partial charge in [0.25, 0.3) is 0 Å². The molecule has 0 atom stereocenters. The summed E-state index contributed by atoms with van der Waals surface area (Å²) in [4.78, 5) is 8.52. The first-order valence-electron chi connectivity index (χ1n) is 3.64. The minimum atomic E-state index is 0.968. The monoisotopic (exact) mass is 270 g/mol. The molecule has 0 aliphatic rings. The summed E-state index contributed by atoms with van der Waals surface area (Å²) in [5.74, 6) is 0. The summed E-state index contributed by atoms with van der Waals surface area (Å²) in [6, 6.07) is 6.11. The largest absolute Gasteiger partial charge is 0.252 e. The van der Waals surface area contributed by atoms with Crippen molar-refractivity contribution in [3.63, 3.8) is 0 Å². The van der Waals surface area contributed by atoms with Gasteiger partial charge in [-0.2, -0.15) is 0 Å². The molecule has 0 aliphatic heterocycles. The number of fused-ring (bicyclic) bond motifs is 1. The maximum Gasteiger partial charge on any atom is 0.102 e. The van der Waals surface area contributed by atoms with Crippen LogP contribution in [0.25, 0.3) is 10.9 Å². The summed E-state index contributed by atoms with van der Waals surface area (Å²) < 4.78 is 1.01. The second-order valence-electron chi connectivity index (χ2n) is 2.65. The zero-order chi connectivity index (χ0) is 8.55. The summed E-state index contributed by atoms with van der Waals surface area (Å²) in [6.07, 6.45) is 1.81. The third kappa shape index (κ3) is 1.41. The molecule has 0 saturated heterocycles. The van der Waals surface area contributed by atoms with Crippen LogP contribution in [0.1, 0.15) is 5.69 Å². The maximum absolute atomic E-state index is 4.35. The van der Waals surface area contributed by atoms with E-state index < -0.39 is 0 Å². The summed E-state index contributed by atoms with van der Waals surface area (Å²) in [5.41, 5.74) is 2.00. The van der Waals surface area contributed by atoms with Crippen LogP contribution in [0.5, 0.6) is 0 Å². The van der Waals surface area contributed by atoms with Gasteiger partial charge in [-0.25, -0.2) is 4.98 Å². The van der Waals surface area contributed by atoms with Crippen LogP contribution in [0.3, 0.4) is 0 Å². The Morgan fingerprint density at radius 2 is 2.17 bits per heavy atom. The number of aryl methyl sites for hydroxylation is 1. The average Bonchev–Trinajstić information content (AvgIpc) is 2.05. The normalized spacial score (nSPS) is 10.5. The van der Waals surface area contributed by atoms with Crippen molar-refractivity contribution < 1.29 is 0 Å². The van der Waals surface area contributed by atoms with Crippen molar-refractivity contribution in [3.8, 4) is 0 Å². The lowest BCUT2D eigenvalue weighted by atomic mass is 10.2. The molecule has 0 radical (unpaired) electrons. The molecule has 0 unspecified atom stereocenters. The van der Waals surface area contributed by atoms with Gasteiger partial charge in [0, 0.05) is 11.1 Å². The predicted molar refractivity (Wildman–Crippen MR) is 57.0 cm³/mol. The van der Waals surface area contributed by atoms with Crippen molar-refractivity contribution >= 4 is 33.5 Å². The zero-order valence-corrected chi connectivity index (χ0v) is 8.74. The van der Waals surface area contributed by atoms with Crippen molar-refractivity contribution in [1.29, 1.82) is 0 Å². The number of hydrogen-bond acceptors (Lipinski definition) is 2. The molecular weight excluding hydrogens is 263 g/mol. The van der Waals surface area contributed by atoms with Gasteiger partial charge >= 0.3 is 0 Å². The van der Waals surface area contributed by atoms with Gasteiger partial charge in [0.2, 0.25) is 0 Å². The highest BCUT2D eigenvalue weighted by molar-refractivity contribution is 14.1. The van der Waals surface area contributed by atoms with Gasteiger partial charge in [-0.05, 0) is 41.6 Å². The second kappa shape index (κ2) is 2.97. The summed E-state index contributed by atoms with van der Waals surface area (Å²) >= 11 is 2.20. The van der Waals surface area contributed by atoms with E-state index in [-0.39, 0.29) is 0 Å². The van der Waals surface area contributed by atoms with E-state index in [1.54, 1.807) is 0 Å². The van der Waals surface area contributed by atoms with Crippen molar-refractivity contribution in [3.05, 3.63) is 33.8 Å². The molecule has 0 aromatic carbocycles. The molecule has 3 heteroatoms. The lowest BCUT2D eigenvalue weighted by molar-refractivity contribution is 1.22. The van der Waals surface area contributed by atoms with E-state index in [0.717, 1.165) is 20.3 Å². The van der Waals surface area contributed by atoms with E-state index >= 15 is 0 Å². The number of pyridine rings is 2. The van der Waals surface area contributed by atoms with Gasteiger partial charge in [-0.3, -0.25) is 4.98 Å². The number of nitrogens with zero attached hydrogens (tertiary/aromatic N) is 2. The fraction of sp³-hybridized carbons (Fsp3) is 0.111. The Hall–Kier alpha value is -0.710. The van der Waals surface area contributed by atoms with Gasteiger partial charge in [0.1, 0.15) is 3.70 Å². The number of hydrogen-bond donors (Lipinski definition) is 0. The van der Waals surface area contributed by atoms with Crippen molar-refractivity contribution in [2.45, 2.75) is 6.92 Å². The molecule has 60 valence electrons. The first kappa shape index (κ1) is 7.91. The number of aromatic nitrogens is 2. The first-order valence-corrected chi connectivity index (χ1v) is 4.72. The van der Waals surface area contributed by atoms with Gasteiger partial charge in [0.15, 0.2) is 0 Å². The Bertz CT molecular complexity index is 385. The summed E-state index contributed by atoms with van der Waals surface area (Å²) in [5, 5.41) is 1.15. The highest BCUT2D eigenvalue weighted by Gasteiger charge is 1.95. The van der Waals surface area contributed by atoms with E-state index in [1.807, 2.05) is 25.3 Å². The van der Waals surface area contributed by atoms with E-state index in [1.165, 1.54) is 0 Å². The molecule has 0 spiro atoms. The van der Waals surface area contributed by atoms with Gasteiger partial charge in [-0.1, -0.05) is 6.07 Å². The van der Waals surface area contributed by atoms with E-state index in [0.29, 0.717) is 0 Å². The fourth-order valence-electron chi connectivity index (χ4n) is 1.10. The predicted octanol–water partition coefficient (Wildman–Crippen LogP) is 2.54. The lowest BCUT2D eigenvalue weighted by Crippen LogP contribution is -1.85. The maximum atomic E-state index is 4.35. The van der Waals surface area contributed by atoms with Crippen molar-refractivity contribution in [2.24, 2.45) is 0 Å². The first-order chi connectivity index (χ1) is 5.75. The minimum Gasteiger partial charge on any atom is -0.252 e. The molecule has 12 heavy (non-hydrogen) atoms. The van der Waals surface area contributed by atoms with E-state index in [4.69, 9.17) is 0 Å². The molecule has 2 nitrogen and oxygen atoms in total. The molecule has 0 amide bonds. The van der Waals surface area contributed by atoms with Crippen LogP contribution in [0.4, 0.5) is 0 Å². The number of rotatable bonds is 0. The molecule has 0 fully saturated rings. The summed E-state index contributed by atoms with van der Waals surface area (Å²) in [6.45, 7) is 1.98.